The molecule has 0 radical (unpaired) electrons. The number of alkyl halides is 2. The van der Waals surface area contributed by atoms with E-state index in [9.17, 15) is 26.8 Å². The molecule has 3 rings (SSSR count). The van der Waals surface area contributed by atoms with Crippen LogP contribution in [0.5, 0.6) is 5.75 Å². The Kier molecular flexibility index (Phi) is 7.36. The van der Waals surface area contributed by atoms with Crippen molar-refractivity contribution in [2.75, 3.05) is 18.5 Å². The molecule has 0 aromatic heterocycles. The number of aliphatic imine (C=N–C) groups is 1. The average Bonchev–Trinajstić information content (AvgIpc) is 3.24. The fraction of sp³-hybridized carbons (Fsp3) is 0.250. The van der Waals surface area contributed by atoms with E-state index in [-0.39, 0.29) is 21.9 Å². The van der Waals surface area contributed by atoms with Crippen LogP contribution in [0.2, 0.25) is 0 Å². The number of para-hydroxylation sites is 1. The number of nitrogens with zero attached hydrogens (tertiary/aromatic N) is 1. The van der Waals surface area contributed by atoms with Gasteiger partial charge in [-0.1, -0.05) is 18.2 Å². The number of amidine groups is 1. The van der Waals surface area contributed by atoms with Crippen LogP contribution in [-0.4, -0.2) is 45.9 Å². The van der Waals surface area contributed by atoms with Gasteiger partial charge in [0.25, 0.3) is 15.9 Å². The van der Waals surface area contributed by atoms with Crippen molar-refractivity contribution in [3.05, 3.63) is 54.1 Å². The van der Waals surface area contributed by atoms with Crippen molar-refractivity contribution in [2.24, 2.45) is 4.99 Å². The molecule has 2 aromatic carbocycles. The fourth-order valence-electron chi connectivity index (χ4n) is 2.82. The number of anilines is 1. The molecule has 32 heavy (non-hydrogen) atoms. The summed E-state index contributed by atoms with van der Waals surface area (Å²) in [4.78, 5) is 28.2. The average molecular weight is 467 g/mol. The second kappa shape index (κ2) is 10.2. The Labute approximate surface area is 182 Å². The molecule has 12 heteroatoms. The monoisotopic (exact) mass is 467 g/mol. The third kappa shape index (κ3) is 6.23. The Morgan fingerprint density at radius 2 is 1.91 bits per heavy atom. The number of hydrogen-bond acceptors (Lipinski definition) is 7. The van der Waals surface area contributed by atoms with Gasteiger partial charge in [0.1, 0.15) is 17.1 Å². The van der Waals surface area contributed by atoms with E-state index < -0.39 is 35.1 Å². The van der Waals surface area contributed by atoms with Crippen LogP contribution in [0.15, 0.2) is 58.4 Å². The Balaban J connectivity index is 1.60. The predicted octanol–water partition coefficient (Wildman–Crippen LogP) is 2.55. The minimum atomic E-state index is -3.87. The first-order valence-electron chi connectivity index (χ1n) is 9.41. The number of rotatable bonds is 8. The largest absolute Gasteiger partial charge is 0.452 e. The summed E-state index contributed by atoms with van der Waals surface area (Å²) in [7, 11) is -3.87. The summed E-state index contributed by atoms with van der Waals surface area (Å²) in [6.45, 7) is -3.30. The van der Waals surface area contributed by atoms with Crippen molar-refractivity contribution in [2.45, 2.75) is 24.3 Å². The van der Waals surface area contributed by atoms with Crippen LogP contribution in [0.1, 0.15) is 23.2 Å². The Hall–Kier alpha value is -3.54. The molecule has 170 valence electrons. The van der Waals surface area contributed by atoms with Crippen LogP contribution >= 0.6 is 0 Å². The number of ether oxygens (including phenoxy) is 2. The van der Waals surface area contributed by atoms with Gasteiger partial charge in [0.05, 0.1) is 4.90 Å². The van der Waals surface area contributed by atoms with Gasteiger partial charge in [0, 0.05) is 18.7 Å². The van der Waals surface area contributed by atoms with Gasteiger partial charge in [-0.15, -0.1) is 0 Å². The van der Waals surface area contributed by atoms with E-state index in [4.69, 9.17) is 4.74 Å². The summed E-state index contributed by atoms with van der Waals surface area (Å²) in [5.41, 5.74) is -0.113. The molecule has 0 bridgehead atoms. The smallest absolute Gasteiger partial charge is 0.387 e. The van der Waals surface area contributed by atoms with E-state index in [0.717, 1.165) is 6.42 Å². The second-order valence-electron chi connectivity index (χ2n) is 6.56. The number of nitrogens with one attached hydrogen (secondary N) is 2. The van der Waals surface area contributed by atoms with Crippen LogP contribution in [0, 0.1) is 0 Å². The van der Waals surface area contributed by atoms with Crippen molar-refractivity contribution < 1.29 is 36.3 Å². The number of esters is 1. The predicted molar refractivity (Wildman–Crippen MR) is 110 cm³/mol. The summed E-state index contributed by atoms with van der Waals surface area (Å²) in [6, 6.07) is 10.7. The third-order valence-corrected chi connectivity index (χ3v) is 5.59. The van der Waals surface area contributed by atoms with Gasteiger partial charge in [-0.25, -0.2) is 13.2 Å². The molecule has 0 unspecified atom stereocenters. The topological polar surface area (TPSA) is 123 Å². The van der Waals surface area contributed by atoms with Crippen molar-refractivity contribution in [1.82, 2.24) is 4.72 Å². The molecule has 2 aromatic rings. The highest BCUT2D eigenvalue weighted by Gasteiger charge is 2.20. The van der Waals surface area contributed by atoms with E-state index in [1.165, 1.54) is 48.5 Å². The Bertz CT molecular complexity index is 1140. The first-order chi connectivity index (χ1) is 15.2. The SMILES string of the molecule is O=C(COC(=O)c1ccccc1OC(F)F)Nc1cccc(S(=O)(=O)NC2=NCCC2)c1. The maximum atomic E-state index is 12.5. The van der Waals surface area contributed by atoms with Crippen molar-refractivity contribution in [1.29, 1.82) is 0 Å². The minimum Gasteiger partial charge on any atom is -0.452 e. The van der Waals surface area contributed by atoms with Crippen LogP contribution in [0.3, 0.4) is 0 Å². The lowest BCUT2D eigenvalue weighted by Crippen LogP contribution is -2.29. The van der Waals surface area contributed by atoms with Crippen molar-refractivity contribution >= 4 is 33.4 Å². The highest BCUT2D eigenvalue weighted by Crippen LogP contribution is 2.21. The van der Waals surface area contributed by atoms with E-state index in [2.05, 4.69) is 19.8 Å². The normalized spacial score (nSPS) is 13.4. The number of halogens is 2. The van der Waals surface area contributed by atoms with E-state index in [0.29, 0.717) is 18.8 Å². The molecule has 1 amide bonds. The van der Waals surface area contributed by atoms with Gasteiger partial charge in [0.15, 0.2) is 6.61 Å². The molecule has 1 aliphatic rings. The molecule has 2 N–H and O–H groups in total. The molecular weight excluding hydrogens is 448 g/mol. The second-order valence-corrected chi connectivity index (χ2v) is 8.25. The van der Waals surface area contributed by atoms with E-state index in [1.807, 2.05) is 0 Å². The summed E-state index contributed by atoms with van der Waals surface area (Å²) >= 11 is 0. The number of hydrogen-bond donors (Lipinski definition) is 2. The number of sulfonamides is 1. The summed E-state index contributed by atoms with van der Waals surface area (Å²) in [5.74, 6) is -1.80. The zero-order valence-corrected chi connectivity index (χ0v) is 17.4. The van der Waals surface area contributed by atoms with Crippen LogP contribution in [0.25, 0.3) is 0 Å². The van der Waals surface area contributed by atoms with Crippen LogP contribution < -0.4 is 14.8 Å². The van der Waals surface area contributed by atoms with Crippen LogP contribution in [0.4, 0.5) is 14.5 Å². The number of carbonyl (C=O) groups excluding carboxylic acids is 2. The van der Waals surface area contributed by atoms with Crippen LogP contribution in [-0.2, 0) is 19.6 Å². The highest BCUT2D eigenvalue weighted by molar-refractivity contribution is 7.90. The Morgan fingerprint density at radius 3 is 2.62 bits per heavy atom. The van der Waals surface area contributed by atoms with E-state index in [1.54, 1.807) is 0 Å². The number of amides is 1. The molecule has 0 saturated heterocycles. The summed E-state index contributed by atoms with van der Waals surface area (Å²) in [5, 5.41) is 2.41. The van der Waals surface area contributed by atoms with Gasteiger partial charge in [0.2, 0.25) is 0 Å². The van der Waals surface area contributed by atoms with Gasteiger partial charge >= 0.3 is 12.6 Å². The molecule has 0 aliphatic carbocycles. The highest BCUT2D eigenvalue weighted by atomic mass is 32.2. The maximum absolute atomic E-state index is 12.5. The summed E-state index contributed by atoms with van der Waals surface area (Å²) in [6.07, 6.45) is 1.30. The van der Waals surface area contributed by atoms with Gasteiger partial charge in [-0.3, -0.25) is 14.5 Å². The molecule has 1 heterocycles. The molecule has 0 fully saturated rings. The van der Waals surface area contributed by atoms with Gasteiger partial charge in [-0.05, 0) is 36.8 Å². The lowest BCUT2D eigenvalue weighted by atomic mass is 10.2. The third-order valence-electron chi connectivity index (χ3n) is 4.21. The Morgan fingerprint density at radius 1 is 1.12 bits per heavy atom. The quantitative estimate of drug-likeness (QED) is 0.575. The molecule has 1 aliphatic heterocycles. The standard InChI is InChI=1S/C20H19F2N3O6S/c21-20(22)31-16-8-2-1-7-15(16)19(27)30-12-18(26)24-13-5-3-6-14(11-13)32(28,29)25-17-9-4-10-23-17/h1-3,5-8,11,20H,4,9-10,12H2,(H,23,25)(H,24,26). The van der Waals surface area contributed by atoms with Gasteiger partial charge < -0.3 is 14.8 Å². The molecule has 0 saturated carbocycles. The van der Waals surface area contributed by atoms with E-state index >= 15 is 0 Å². The van der Waals surface area contributed by atoms with Crippen molar-refractivity contribution in [3.8, 4) is 5.75 Å². The zero-order chi connectivity index (χ0) is 23.1. The van der Waals surface area contributed by atoms with Gasteiger partial charge in [-0.2, -0.15) is 8.78 Å². The molecule has 0 atom stereocenters. The molecule has 0 spiro atoms. The summed E-state index contributed by atoms with van der Waals surface area (Å²) < 4.78 is 61.4. The van der Waals surface area contributed by atoms with Crippen molar-refractivity contribution in [3.63, 3.8) is 0 Å². The first kappa shape index (κ1) is 23.1. The minimum absolute atomic E-state index is 0.0834. The number of benzene rings is 2. The zero-order valence-electron chi connectivity index (χ0n) is 16.6. The molecular formula is C20H19F2N3O6S. The fourth-order valence-corrected chi connectivity index (χ4v) is 3.95. The maximum Gasteiger partial charge on any atom is 0.387 e. The number of carbonyl (C=O) groups is 2. The molecule has 9 nitrogen and oxygen atoms in total. The lowest BCUT2D eigenvalue weighted by molar-refractivity contribution is -0.119. The first-order valence-corrected chi connectivity index (χ1v) is 10.9. The lowest BCUT2D eigenvalue weighted by Gasteiger charge is -2.11.